The Kier molecular flexibility index (Phi) is 15.1. The molecule has 0 aromatic rings. The van der Waals surface area contributed by atoms with E-state index in [9.17, 15) is 0 Å². The van der Waals surface area contributed by atoms with E-state index in [1.807, 2.05) is 12.2 Å². The number of halogens is 2. The Labute approximate surface area is 145 Å². The fourth-order valence-electron chi connectivity index (χ4n) is 1.71. The summed E-state index contributed by atoms with van der Waals surface area (Å²) in [6, 6.07) is 0. The van der Waals surface area contributed by atoms with Crippen LogP contribution in [0.3, 0.4) is 0 Å². The van der Waals surface area contributed by atoms with Crippen LogP contribution in [0.25, 0.3) is 0 Å². The molecule has 0 atom stereocenters. The minimum absolute atomic E-state index is 0. The molecule has 1 aliphatic heterocycles. The molecule has 0 saturated heterocycles. The van der Waals surface area contributed by atoms with Gasteiger partial charge in [-0.3, -0.25) is 6.08 Å². The van der Waals surface area contributed by atoms with E-state index in [2.05, 4.69) is 61.7 Å². The summed E-state index contributed by atoms with van der Waals surface area (Å²) in [6.45, 7) is 9.98. The quantitative estimate of drug-likeness (QED) is 0.355. The van der Waals surface area contributed by atoms with Crippen LogP contribution in [0.15, 0.2) is 30.5 Å². The zero-order valence-corrected chi connectivity index (χ0v) is 16.4. The third-order valence-corrected chi connectivity index (χ3v) is 4.54. The molecule has 1 nitrogen and oxygen atoms in total. The van der Waals surface area contributed by atoms with Gasteiger partial charge in [-0.05, 0) is 0 Å². The van der Waals surface area contributed by atoms with Crippen LogP contribution in [-0.2, 0) is 26.2 Å². The van der Waals surface area contributed by atoms with Crippen molar-refractivity contribution < 1.29 is 51.0 Å². The number of nitrogens with zero attached hydrogens (tertiary/aromatic N) is 1. The van der Waals surface area contributed by atoms with Crippen LogP contribution < -0.4 is 24.8 Å². The van der Waals surface area contributed by atoms with Gasteiger partial charge < -0.3 is 29.3 Å². The SMILES string of the molecule is CB1[CH-]C=CN1[Si](C)(C)C.[C-]1=CC=CC1.[Cl-].[Cl-].[Zr+4]. The van der Waals surface area contributed by atoms with Gasteiger partial charge in [-0.15, -0.1) is 6.42 Å². The van der Waals surface area contributed by atoms with E-state index in [1.54, 1.807) is 0 Å². The van der Waals surface area contributed by atoms with Crippen LogP contribution in [0.5, 0.6) is 0 Å². The number of hydrogen-bond donors (Lipinski definition) is 0. The maximum atomic E-state index is 2.99. The molecule has 0 unspecified atom stereocenters. The first kappa shape index (κ1) is 23.7. The largest absolute Gasteiger partial charge is 4.00 e. The number of rotatable bonds is 1. The average molecular weight is 379 g/mol. The van der Waals surface area contributed by atoms with Gasteiger partial charge in [-0.25, -0.2) is 24.5 Å². The topological polar surface area (TPSA) is 3.24 Å². The van der Waals surface area contributed by atoms with Crippen LogP contribution in [-0.4, -0.2) is 19.6 Å². The monoisotopic (exact) mass is 377 g/mol. The second-order valence-corrected chi connectivity index (χ2v) is 9.71. The van der Waals surface area contributed by atoms with Crippen molar-refractivity contribution in [3.63, 3.8) is 0 Å². The zero-order valence-electron chi connectivity index (χ0n) is 11.5. The molecule has 0 amide bonds. The Morgan fingerprint density at radius 2 is 1.89 bits per heavy atom. The molecule has 2 aliphatic rings. The summed E-state index contributed by atoms with van der Waals surface area (Å²) in [5.74, 6) is 0. The van der Waals surface area contributed by atoms with Crippen molar-refractivity contribution in [1.82, 2.24) is 4.48 Å². The van der Waals surface area contributed by atoms with E-state index in [-0.39, 0.29) is 51.0 Å². The predicted molar refractivity (Wildman–Crippen MR) is 71.8 cm³/mol. The normalized spacial score (nSPS) is 14.9. The van der Waals surface area contributed by atoms with E-state index >= 15 is 0 Å². The number of allylic oxidation sites excluding steroid dienone is 5. The van der Waals surface area contributed by atoms with Crippen molar-refractivity contribution in [3.8, 4) is 0 Å². The van der Waals surface area contributed by atoms with Gasteiger partial charge in [-0.1, -0.05) is 26.5 Å². The minimum Gasteiger partial charge on any atom is -1.00 e. The molecule has 98 valence electrons. The fourth-order valence-corrected chi connectivity index (χ4v) is 3.55. The van der Waals surface area contributed by atoms with Crippen molar-refractivity contribution in [1.29, 1.82) is 0 Å². The first-order valence-corrected chi connectivity index (χ1v) is 8.98. The third kappa shape index (κ3) is 8.69. The zero-order chi connectivity index (χ0) is 11.3. The summed E-state index contributed by atoms with van der Waals surface area (Å²) in [4.78, 5) is 0. The van der Waals surface area contributed by atoms with Crippen LogP contribution in [0.2, 0.25) is 26.5 Å². The minimum atomic E-state index is -1.07. The summed E-state index contributed by atoms with van der Waals surface area (Å²) in [5, 5.41) is 0. The molecule has 18 heavy (non-hydrogen) atoms. The van der Waals surface area contributed by atoms with Gasteiger partial charge in [0, 0.05) is 0 Å². The van der Waals surface area contributed by atoms with Gasteiger partial charge in [0.05, 0.1) is 0 Å². The van der Waals surface area contributed by atoms with Gasteiger partial charge in [0.2, 0.25) is 0 Å². The van der Waals surface area contributed by atoms with Crippen LogP contribution >= 0.6 is 0 Å². The molecule has 0 N–H and O–H groups in total. The van der Waals surface area contributed by atoms with Crippen molar-refractivity contribution in [2.24, 2.45) is 0 Å². The van der Waals surface area contributed by atoms with Gasteiger partial charge in [0.1, 0.15) is 15.1 Å². The van der Waals surface area contributed by atoms with E-state index in [0.717, 1.165) is 6.42 Å². The van der Waals surface area contributed by atoms with E-state index in [4.69, 9.17) is 0 Å². The van der Waals surface area contributed by atoms with Crippen molar-refractivity contribution in [3.05, 3.63) is 42.9 Å². The molecule has 1 heterocycles. The van der Waals surface area contributed by atoms with Crippen molar-refractivity contribution in [2.75, 3.05) is 0 Å². The summed E-state index contributed by atoms with van der Waals surface area (Å²) < 4.78 is 2.49. The molecule has 2 rings (SSSR count). The molecular formula is C12H20BCl2NSiZr. The summed E-state index contributed by atoms with van der Waals surface area (Å²) in [7, 11) is -1.07. The second-order valence-electron chi connectivity index (χ2n) is 4.86. The van der Waals surface area contributed by atoms with Crippen LogP contribution in [0.4, 0.5) is 0 Å². The molecule has 0 radical (unpaired) electrons. The van der Waals surface area contributed by atoms with Gasteiger partial charge in [0.15, 0.2) is 0 Å². The molecule has 0 aromatic carbocycles. The van der Waals surface area contributed by atoms with E-state index < -0.39 is 8.24 Å². The fraction of sp³-hybridized carbons (Fsp3) is 0.417. The Bertz CT molecular complexity index is 280. The van der Waals surface area contributed by atoms with E-state index in [0.29, 0.717) is 6.85 Å². The van der Waals surface area contributed by atoms with Gasteiger partial charge in [0.25, 0.3) is 0 Å². The predicted octanol–water partition coefficient (Wildman–Crippen LogP) is -2.67. The second kappa shape index (κ2) is 11.5. The molecule has 0 fully saturated rings. The van der Waals surface area contributed by atoms with E-state index in [1.165, 1.54) is 0 Å². The average Bonchev–Trinajstić information content (AvgIpc) is 2.72. The summed E-state index contributed by atoms with van der Waals surface area (Å²) in [6.07, 6.45) is 16.6. The maximum absolute atomic E-state index is 2.99. The molecule has 0 spiro atoms. The molecule has 0 saturated carbocycles. The van der Waals surface area contributed by atoms with Crippen LogP contribution in [0.1, 0.15) is 6.42 Å². The van der Waals surface area contributed by atoms with Crippen molar-refractivity contribution >= 4 is 15.1 Å². The molecule has 6 heteroatoms. The Balaban J connectivity index is -0.000000245. The summed E-state index contributed by atoms with van der Waals surface area (Å²) in [5.41, 5.74) is 0. The van der Waals surface area contributed by atoms with Crippen molar-refractivity contribution in [2.45, 2.75) is 32.9 Å². The standard InChI is InChI=1S/C7H15BNSi.C5H5.2ClH.Zr/c1-8-6-5-7-9(8)10(2,3)4;1-2-4-5-3-1;;;/h5-7H,1-4H3;1-3H,4H2;2*1H;/q2*-1;;;+4/p-2. The Morgan fingerprint density at radius 1 is 1.28 bits per heavy atom. The molecule has 1 aliphatic carbocycles. The first-order chi connectivity index (χ1) is 7.02. The van der Waals surface area contributed by atoms with Crippen LogP contribution in [0, 0.1) is 12.4 Å². The summed E-state index contributed by atoms with van der Waals surface area (Å²) >= 11 is 0. The molecule has 0 bridgehead atoms. The van der Waals surface area contributed by atoms with Gasteiger partial charge in [-0.2, -0.15) is 12.3 Å². The third-order valence-electron chi connectivity index (χ3n) is 2.44. The number of hydrogen-bond acceptors (Lipinski definition) is 1. The smallest absolute Gasteiger partial charge is 1.00 e. The van der Waals surface area contributed by atoms with Gasteiger partial charge >= 0.3 is 26.2 Å². The maximum Gasteiger partial charge on any atom is 4.00 e. The Morgan fingerprint density at radius 3 is 2.06 bits per heavy atom. The molecule has 0 aromatic heterocycles. The first-order valence-electron chi connectivity index (χ1n) is 5.53. The molecular weight excluding hydrogens is 359 g/mol. The Hall–Kier alpha value is 0.635.